The first-order chi connectivity index (χ1) is 9.99. The molecule has 1 atom stereocenters. The predicted molar refractivity (Wildman–Crippen MR) is 79.4 cm³/mol. The Bertz CT molecular complexity index is 467. The van der Waals surface area contributed by atoms with Gasteiger partial charge in [-0.2, -0.15) is 0 Å². The molecule has 21 heavy (non-hydrogen) atoms. The van der Waals surface area contributed by atoms with Crippen LogP contribution in [0.25, 0.3) is 0 Å². The topological polar surface area (TPSA) is 83.3 Å². The van der Waals surface area contributed by atoms with Crippen molar-refractivity contribution in [1.82, 2.24) is 0 Å². The lowest BCUT2D eigenvalue weighted by Crippen LogP contribution is -2.44. The Hall–Kier alpha value is -1.99. The fraction of sp³-hybridized carbons (Fsp3) is 0.500. The highest BCUT2D eigenvalue weighted by Gasteiger charge is 2.22. The zero-order valence-electron chi connectivity index (χ0n) is 13.0. The van der Waals surface area contributed by atoms with Crippen LogP contribution >= 0.6 is 0 Å². The summed E-state index contributed by atoms with van der Waals surface area (Å²) in [7, 11) is 7.66. The van der Waals surface area contributed by atoms with E-state index in [1.807, 2.05) is 0 Å². The highest BCUT2D eigenvalue weighted by atomic mass is 16.5. The molecule has 2 N–H and O–H groups in total. The molecule has 0 spiro atoms. The molecule has 0 radical (unpaired) electrons. The fourth-order valence-electron chi connectivity index (χ4n) is 1.89. The van der Waals surface area contributed by atoms with Gasteiger partial charge in [0.25, 0.3) is 0 Å². The van der Waals surface area contributed by atoms with Crippen LogP contribution in [0.5, 0.6) is 17.2 Å². The number of methoxy groups -OCH3 is 4. The van der Waals surface area contributed by atoms with Crippen molar-refractivity contribution in [2.45, 2.75) is 6.04 Å². The van der Waals surface area contributed by atoms with Gasteiger partial charge >= 0.3 is 0 Å². The first kappa shape index (κ1) is 17.1. The summed E-state index contributed by atoms with van der Waals surface area (Å²) in [6.45, 7) is 0.146. The van der Waals surface area contributed by atoms with Crippen LogP contribution in [-0.2, 0) is 9.53 Å². The summed E-state index contributed by atoms with van der Waals surface area (Å²) in [5.74, 6) is 1.12. The van der Waals surface area contributed by atoms with Crippen molar-refractivity contribution in [2.75, 3.05) is 47.0 Å². The normalized spacial score (nSPS) is 11.7. The van der Waals surface area contributed by atoms with Gasteiger partial charge in [0.15, 0.2) is 11.5 Å². The number of amides is 1. The van der Waals surface area contributed by atoms with Gasteiger partial charge in [0, 0.05) is 26.3 Å². The summed E-state index contributed by atoms with van der Waals surface area (Å²) in [4.78, 5) is 13.6. The van der Waals surface area contributed by atoms with Crippen LogP contribution in [0.15, 0.2) is 12.1 Å². The summed E-state index contributed by atoms with van der Waals surface area (Å²) in [5, 5.41) is 0. The van der Waals surface area contributed by atoms with Crippen molar-refractivity contribution in [3.05, 3.63) is 12.1 Å². The number of carbonyl (C=O) groups is 1. The smallest absolute Gasteiger partial charge is 0.246 e. The van der Waals surface area contributed by atoms with Gasteiger partial charge in [-0.3, -0.25) is 4.79 Å². The minimum absolute atomic E-state index is 0.146. The second kappa shape index (κ2) is 7.70. The molecule has 0 fully saturated rings. The van der Waals surface area contributed by atoms with Crippen molar-refractivity contribution in [3.8, 4) is 17.2 Å². The van der Waals surface area contributed by atoms with Crippen molar-refractivity contribution >= 4 is 11.6 Å². The number of benzene rings is 1. The van der Waals surface area contributed by atoms with E-state index in [4.69, 9.17) is 24.7 Å². The molecule has 1 rings (SSSR count). The van der Waals surface area contributed by atoms with Gasteiger partial charge in [0.05, 0.1) is 33.6 Å². The van der Waals surface area contributed by atoms with Crippen LogP contribution in [0.3, 0.4) is 0 Å². The quantitative estimate of drug-likeness (QED) is 0.796. The van der Waals surface area contributed by atoms with Crippen molar-refractivity contribution in [2.24, 2.45) is 5.73 Å². The third kappa shape index (κ3) is 3.77. The fourth-order valence-corrected chi connectivity index (χ4v) is 1.89. The molecule has 1 unspecified atom stereocenters. The van der Waals surface area contributed by atoms with E-state index in [9.17, 15) is 4.79 Å². The lowest BCUT2D eigenvalue weighted by atomic mass is 10.2. The Balaban J connectivity index is 3.15. The molecule has 7 heteroatoms. The molecule has 0 saturated carbocycles. The Morgan fingerprint density at radius 3 is 2.05 bits per heavy atom. The number of anilines is 1. The zero-order chi connectivity index (χ0) is 16.0. The van der Waals surface area contributed by atoms with Crippen LogP contribution < -0.4 is 24.8 Å². The van der Waals surface area contributed by atoms with E-state index in [1.165, 1.54) is 33.3 Å². The van der Waals surface area contributed by atoms with Gasteiger partial charge in [-0.25, -0.2) is 0 Å². The van der Waals surface area contributed by atoms with Crippen LogP contribution in [0.2, 0.25) is 0 Å². The van der Waals surface area contributed by atoms with Gasteiger partial charge in [-0.1, -0.05) is 0 Å². The van der Waals surface area contributed by atoms with E-state index in [0.29, 0.717) is 22.9 Å². The maximum atomic E-state index is 12.2. The van der Waals surface area contributed by atoms with Crippen LogP contribution in [0.4, 0.5) is 5.69 Å². The second-order valence-corrected chi connectivity index (χ2v) is 4.34. The molecular weight excluding hydrogens is 276 g/mol. The van der Waals surface area contributed by atoms with Crippen molar-refractivity contribution in [3.63, 3.8) is 0 Å². The Labute approximate surface area is 124 Å². The molecule has 1 aromatic rings. The summed E-state index contributed by atoms with van der Waals surface area (Å²) >= 11 is 0. The number of carbonyl (C=O) groups excluding carboxylic acids is 1. The van der Waals surface area contributed by atoms with E-state index in [2.05, 4.69) is 0 Å². The Morgan fingerprint density at radius 2 is 1.67 bits per heavy atom. The van der Waals surface area contributed by atoms with Crippen molar-refractivity contribution in [1.29, 1.82) is 0 Å². The number of nitrogens with two attached hydrogens (primary N) is 1. The number of hydrogen-bond acceptors (Lipinski definition) is 6. The summed E-state index contributed by atoms with van der Waals surface area (Å²) < 4.78 is 20.7. The molecule has 0 aliphatic rings. The average molecular weight is 298 g/mol. The van der Waals surface area contributed by atoms with Crippen LogP contribution in [0, 0.1) is 0 Å². The largest absolute Gasteiger partial charge is 0.493 e. The second-order valence-electron chi connectivity index (χ2n) is 4.34. The first-order valence-electron chi connectivity index (χ1n) is 6.32. The molecule has 118 valence electrons. The first-order valence-corrected chi connectivity index (χ1v) is 6.32. The van der Waals surface area contributed by atoms with Gasteiger partial charge in [-0.05, 0) is 0 Å². The molecular formula is C14H22N2O5. The molecule has 0 saturated heterocycles. The number of likely N-dealkylation sites (N-methyl/N-ethyl adjacent to an activating group) is 1. The SMILES string of the molecule is COCC(N)C(=O)N(C)c1cc(OC)c(OC)c(OC)c1. The molecule has 0 bridgehead atoms. The minimum Gasteiger partial charge on any atom is -0.493 e. The lowest BCUT2D eigenvalue weighted by Gasteiger charge is -2.23. The highest BCUT2D eigenvalue weighted by molar-refractivity contribution is 5.97. The van der Waals surface area contributed by atoms with E-state index >= 15 is 0 Å². The molecule has 0 aliphatic carbocycles. The molecule has 0 aromatic heterocycles. The maximum Gasteiger partial charge on any atom is 0.246 e. The van der Waals surface area contributed by atoms with Gasteiger partial charge in [0.2, 0.25) is 11.7 Å². The van der Waals surface area contributed by atoms with E-state index in [0.717, 1.165) is 0 Å². The van der Waals surface area contributed by atoms with Gasteiger partial charge < -0.3 is 29.6 Å². The van der Waals surface area contributed by atoms with Crippen LogP contribution in [0.1, 0.15) is 0 Å². The summed E-state index contributed by atoms with van der Waals surface area (Å²) in [5.41, 5.74) is 6.34. The number of nitrogens with zero attached hydrogens (tertiary/aromatic N) is 1. The van der Waals surface area contributed by atoms with Crippen LogP contribution in [-0.4, -0.2) is 54.0 Å². The Morgan fingerprint density at radius 1 is 1.14 bits per heavy atom. The Kier molecular flexibility index (Phi) is 6.26. The van der Waals surface area contributed by atoms with E-state index < -0.39 is 6.04 Å². The molecule has 7 nitrogen and oxygen atoms in total. The number of rotatable bonds is 7. The minimum atomic E-state index is -0.737. The average Bonchev–Trinajstić information content (AvgIpc) is 2.51. The number of hydrogen-bond donors (Lipinski definition) is 1. The molecule has 0 heterocycles. The zero-order valence-corrected chi connectivity index (χ0v) is 13.0. The van der Waals surface area contributed by atoms with E-state index in [-0.39, 0.29) is 12.5 Å². The lowest BCUT2D eigenvalue weighted by molar-refractivity contribution is -0.120. The third-order valence-corrected chi connectivity index (χ3v) is 3.03. The van der Waals surface area contributed by atoms with Gasteiger partial charge in [-0.15, -0.1) is 0 Å². The molecule has 1 aromatic carbocycles. The predicted octanol–water partition coefficient (Wildman–Crippen LogP) is 0.649. The summed E-state index contributed by atoms with van der Waals surface area (Å²) in [6, 6.07) is 2.62. The number of ether oxygens (including phenoxy) is 4. The molecule has 1 amide bonds. The third-order valence-electron chi connectivity index (χ3n) is 3.03. The maximum absolute atomic E-state index is 12.2. The van der Waals surface area contributed by atoms with E-state index in [1.54, 1.807) is 19.2 Å². The highest BCUT2D eigenvalue weighted by Crippen LogP contribution is 2.40. The van der Waals surface area contributed by atoms with Gasteiger partial charge in [0.1, 0.15) is 6.04 Å². The summed E-state index contributed by atoms with van der Waals surface area (Å²) in [6.07, 6.45) is 0. The monoisotopic (exact) mass is 298 g/mol. The standard InChI is InChI=1S/C14H22N2O5/c1-16(14(17)10(15)8-18-2)9-6-11(19-3)13(21-5)12(7-9)20-4/h6-7,10H,8,15H2,1-5H3. The molecule has 0 aliphatic heterocycles. The van der Waals surface area contributed by atoms with Crippen molar-refractivity contribution < 1.29 is 23.7 Å².